The third-order valence-corrected chi connectivity index (χ3v) is 2.26. The summed E-state index contributed by atoms with van der Waals surface area (Å²) in [6.07, 6.45) is -9.44. The Hall–Kier alpha value is 0.829. The Kier molecular flexibility index (Phi) is 33.5. The molecule has 0 spiro atoms. The molecule has 0 aliphatic rings. The predicted molar refractivity (Wildman–Crippen MR) is 133 cm³/mol. The second-order valence-corrected chi connectivity index (χ2v) is 15.9. The van der Waals surface area contributed by atoms with Crippen molar-refractivity contribution < 1.29 is 46.7 Å². The van der Waals surface area contributed by atoms with E-state index in [1.165, 1.54) is 0 Å². The Morgan fingerprint density at radius 2 is 1.00 bits per heavy atom. The second-order valence-electron chi connectivity index (χ2n) is 4.13. The Morgan fingerprint density at radius 1 is 0.767 bits per heavy atom. The van der Waals surface area contributed by atoms with Gasteiger partial charge in [0.1, 0.15) is 0 Å². The molecule has 1 aromatic carbocycles. The van der Waals surface area contributed by atoms with Crippen molar-refractivity contribution in [3.05, 3.63) is 29.3 Å². The van der Waals surface area contributed by atoms with Crippen LogP contribution in [-0.4, -0.2) is 34.3 Å². The van der Waals surface area contributed by atoms with Crippen LogP contribution in [0.15, 0.2) is 18.2 Å². The van der Waals surface area contributed by atoms with Crippen LogP contribution in [0.1, 0.15) is 55.1 Å². The van der Waals surface area contributed by atoms with Gasteiger partial charge in [-0.3, -0.25) is 0 Å². The third kappa shape index (κ3) is 26.9. The summed E-state index contributed by atoms with van der Waals surface area (Å²) >= 11 is 4.74. The molecule has 0 N–H and O–H groups in total. The average molecular weight is 713 g/mol. The van der Waals surface area contributed by atoms with Gasteiger partial charge in [0.25, 0.3) is 0 Å². The molecule has 0 unspecified atom stereocenters. The Bertz CT molecular complexity index is 457. The van der Waals surface area contributed by atoms with Gasteiger partial charge in [0.15, 0.2) is 0 Å². The summed E-state index contributed by atoms with van der Waals surface area (Å²) in [4.78, 5) is 0. The number of benzene rings is 1. The van der Waals surface area contributed by atoms with Crippen molar-refractivity contribution in [2.45, 2.75) is 54.9 Å². The zero-order valence-electron chi connectivity index (χ0n) is 16.3. The van der Waals surface area contributed by atoms with E-state index in [-0.39, 0.29) is 27.8 Å². The minimum atomic E-state index is -4.72. The van der Waals surface area contributed by atoms with Crippen molar-refractivity contribution in [1.29, 1.82) is 0 Å². The van der Waals surface area contributed by atoms with Crippen molar-refractivity contribution in [1.82, 2.24) is 0 Å². The Balaban J connectivity index is -0.0000000823. The maximum atomic E-state index is 12.2. The first-order valence-corrected chi connectivity index (χ1v) is 16.7. The van der Waals surface area contributed by atoms with Crippen molar-refractivity contribution >= 4 is 53.3 Å². The summed E-state index contributed by atoms with van der Waals surface area (Å²) in [6, 6.07) is 1.72. The number of alkyl halides is 6. The summed E-state index contributed by atoms with van der Waals surface area (Å²) in [7, 11) is -0.0714. The van der Waals surface area contributed by atoms with Crippen LogP contribution in [0.5, 0.6) is 0 Å². The molecule has 0 aliphatic carbocycles. The van der Waals surface area contributed by atoms with E-state index >= 15 is 0 Å². The Morgan fingerprint density at radius 3 is 1.13 bits per heavy atom. The normalized spacial score (nSPS) is 9.77. The molecule has 0 heterocycles. The van der Waals surface area contributed by atoms with Gasteiger partial charge in [-0.15, -0.1) is 0 Å². The van der Waals surface area contributed by atoms with Crippen LogP contribution in [0.2, 0.25) is 0 Å². The van der Waals surface area contributed by atoms with Gasteiger partial charge in [0, 0.05) is 26.4 Å². The fraction of sp³-hybridized carbons (Fsp3) is 0.667. The quantitative estimate of drug-likeness (QED) is 0.191. The van der Waals surface area contributed by atoms with Gasteiger partial charge in [-0.2, -0.15) is 26.3 Å². The van der Waals surface area contributed by atoms with Crippen molar-refractivity contribution in [2.24, 2.45) is 0 Å². The molecule has 0 aliphatic heterocycles. The molecule has 30 heavy (non-hydrogen) atoms. The summed E-state index contributed by atoms with van der Waals surface area (Å²) in [5.41, 5.74) is -2.26. The van der Waals surface area contributed by atoms with Crippen LogP contribution in [0.4, 0.5) is 26.3 Å². The third-order valence-electron chi connectivity index (χ3n) is 2.26. The number of ether oxygens (including phenoxy) is 2. The number of hydrogen-bond acceptors (Lipinski definition) is 2. The van der Waals surface area contributed by atoms with Crippen molar-refractivity contribution in [2.75, 3.05) is 26.4 Å². The topological polar surface area (TPSA) is 18.5 Å². The zero-order valence-corrected chi connectivity index (χ0v) is 21.1. The first-order valence-electron chi connectivity index (χ1n) is 7.69. The SMILES string of the molecule is C.C.CCOCC.CCOCC.[BH3-]c1cc(C(F)(F)F)cc(C(F)(F)F)c1.[H+].[I][V][I]. The summed E-state index contributed by atoms with van der Waals surface area (Å²) in [5.74, 6) is 0. The fourth-order valence-electron chi connectivity index (χ4n) is 1.21. The first kappa shape index (κ1) is 41.1. The molecule has 0 radical (unpaired) electrons. The molecule has 0 amide bonds. The molecule has 0 aromatic heterocycles. The molecule has 0 bridgehead atoms. The number of rotatable bonds is 4. The zero-order chi connectivity index (χ0) is 22.8. The molecule has 183 valence electrons. The fourth-order valence-corrected chi connectivity index (χ4v) is 1.21. The van der Waals surface area contributed by atoms with Gasteiger partial charge < -0.3 is 9.47 Å². The molecule has 2 nitrogen and oxygen atoms in total. The standard InChI is InChI=1S/C8H6BF6.2C4H10O.2CH4.2HI.V/c9-6-2-4(7(10,11)12)1-5(3-6)8(13,14)15;2*1-3-5-4-2;;;;;/h1-3H,9H3;2*3-4H2,1-2H3;2*1H4;2*1H;/q-1;;;;;;;+2/p-1. The van der Waals surface area contributed by atoms with E-state index in [0.717, 1.165) is 38.6 Å². The van der Waals surface area contributed by atoms with Crippen molar-refractivity contribution in [3.8, 4) is 0 Å². The van der Waals surface area contributed by atoms with E-state index in [1.807, 2.05) is 27.7 Å². The van der Waals surface area contributed by atoms with E-state index in [9.17, 15) is 26.3 Å². The van der Waals surface area contributed by atoms with Crippen LogP contribution < -0.4 is 5.46 Å². The number of halogens is 8. The van der Waals surface area contributed by atoms with E-state index in [4.69, 9.17) is 9.47 Å². The molecule has 12 heteroatoms. The van der Waals surface area contributed by atoms with Crippen LogP contribution in [-0.2, 0) is 31.3 Å². The molecule has 1 aromatic rings. The van der Waals surface area contributed by atoms with E-state index in [1.54, 1.807) is 0 Å². The summed E-state index contributed by atoms with van der Waals surface area (Å²) < 4.78 is 82.8. The molecule has 0 saturated carbocycles. The maximum absolute atomic E-state index is 12.2. The molecule has 0 saturated heterocycles. The van der Waals surface area contributed by atoms with Gasteiger partial charge in [-0.05, 0) is 41.6 Å². The van der Waals surface area contributed by atoms with Crippen LogP contribution in [0, 0.1) is 0 Å². The van der Waals surface area contributed by atoms with Crippen LogP contribution >= 0.6 is 40.0 Å². The van der Waals surface area contributed by atoms with E-state index in [0.29, 0.717) is 9.47 Å². The Labute approximate surface area is 209 Å². The van der Waals surface area contributed by atoms with Gasteiger partial charge in [0.2, 0.25) is 0 Å². The minimum absolute atomic E-state index is 0. The number of hydrogen-bond donors (Lipinski definition) is 0. The second kappa shape index (κ2) is 24.5. The van der Waals surface area contributed by atoms with Gasteiger partial charge in [-0.25, -0.2) is 5.46 Å². The van der Waals surface area contributed by atoms with E-state index in [2.05, 4.69) is 40.0 Å². The summed E-state index contributed by atoms with van der Waals surface area (Å²) in [5, 5.41) is 0. The molecular formula is C18H35BF6I2O2V. The molecule has 0 atom stereocenters. The molecular weight excluding hydrogens is 678 g/mol. The molecule has 1 rings (SSSR count). The van der Waals surface area contributed by atoms with Gasteiger partial charge in [-0.1, -0.05) is 27.0 Å². The van der Waals surface area contributed by atoms with Crippen LogP contribution in [0.25, 0.3) is 0 Å². The van der Waals surface area contributed by atoms with Gasteiger partial charge >= 0.3 is 63.2 Å². The summed E-state index contributed by atoms with van der Waals surface area (Å²) in [6.45, 7) is 11.3. The average Bonchev–Trinajstić information content (AvgIpc) is 2.56. The van der Waals surface area contributed by atoms with Gasteiger partial charge in [0.05, 0.1) is 11.1 Å². The van der Waals surface area contributed by atoms with Crippen molar-refractivity contribution in [3.63, 3.8) is 0 Å². The monoisotopic (exact) mass is 713 g/mol. The predicted octanol–water partition coefficient (Wildman–Crippen LogP) is 6.95. The van der Waals surface area contributed by atoms with E-state index < -0.39 is 31.3 Å². The molecule has 0 fully saturated rings. The van der Waals surface area contributed by atoms with Crippen LogP contribution in [0.3, 0.4) is 0 Å². The first-order chi connectivity index (χ1) is 12.8.